The molecule has 7 nitrogen and oxygen atoms in total. The van der Waals surface area contributed by atoms with Crippen molar-refractivity contribution >= 4 is 16.1 Å². The van der Waals surface area contributed by atoms with Gasteiger partial charge in [0.1, 0.15) is 5.60 Å². The zero-order chi connectivity index (χ0) is 19.6. The van der Waals surface area contributed by atoms with Crippen LogP contribution in [0.25, 0.3) is 0 Å². The third-order valence-corrected chi connectivity index (χ3v) is 5.86. The maximum atomic E-state index is 12.5. The van der Waals surface area contributed by atoms with Gasteiger partial charge in [-0.2, -0.15) is 0 Å². The van der Waals surface area contributed by atoms with Gasteiger partial charge in [-0.25, -0.2) is 17.9 Å². The van der Waals surface area contributed by atoms with Gasteiger partial charge in [-0.1, -0.05) is 25.1 Å². The number of sulfonamides is 1. The van der Waals surface area contributed by atoms with Crippen LogP contribution < -0.4 is 4.72 Å². The van der Waals surface area contributed by atoms with E-state index < -0.39 is 27.3 Å². The van der Waals surface area contributed by atoms with Crippen molar-refractivity contribution in [2.75, 3.05) is 19.6 Å². The molecule has 2 rings (SSSR count). The summed E-state index contributed by atoms with van der Waals surface area (Å²) in [5, 5.41) is 11.1. The van der Waals surface area contributed by atoms with Crippen LogP contribution in [0.15, 0.2) is 29.2 Å². The number of benzene rings is 1. The average molecular weight is 384 g/mol. The molecule has 0 bridgehead atoms. The van der Waals surface area contributed by atoms with Crippen molar-refractivity contribution in [3.8, 4) is 0 Å². The number of nitrogens with zero attached hydrogens (tertiary/aromatic N) is 1. The maximum absolute atomic E-state index is 12.5. The summed E-state index contributed by atoms with van der Waals surface area (Å²) >= 11 is 0. The van der Waals surface area contributed by atoms with E-state index >= 15 is 0 Å². The van der Waals surface area contributed by atoms with Crippen LogP contribution in [0.5, 0.6) is 0 Å². The third kappa shape index (κ3) is 4.75. The van der Waals surface area contributed by atoms with Crippen molar-refractivity contribution in [3.05, 3.63) is 29.8 Å². The van der Waals surface area contributed by atoms with Gasteiger partial charge < -0.3 is 14.7 Å². The number of nitrogens with one attached hydrogen (secondary N) is 1. The SMILES string of the molecule is CCNS(=O)(=O)c1ccccc1C1(O)CCN(C(=O)OC(C)(C)C)CC1. The summed E-state index contributed by atoms with van der Waals surface area (Å²) in [6, 6.07) is 6.46. The van der Waals surface area contributed by atoms with Gasteiger partial charge in [0.25, 0.3) is 0 Å². The molecule has 1 aromatic rings. The van der Waals surface area contributed by atoms with Crippen LogP contribution in [0.2, 0.25) is 0 Å². The summed E-state index contributed by atoms with van der Waals surface area (Å²) in [5.74, 6) is 0. The van der Waals surface area contributed by atoms with Crippen LogP contribution in [-0.2, 0) is 20.4 Å². The predicted octanol–water partition coefficient (Wildman–Crippen LogP) is 2.20. The average Bonchev–Trinajstić information content (AvgIpc) is 2.54. The molecule has 0 radical (unpaired) electrons. The van der Waals surface area contributed by atoms with Crippen LogP contribution in [-0.4, -0.2) is 49.8 Å². The number of aliphatic hydroxyl groups is 1. The van der Waals surface area contributed by atoms with Gasteiger partial charge in [-0.3, -0.25) is 0 Å². The highest BCUT2D eigenvalue weighted by Gasteiger charge is 2.39. The highest BCUT2D eigenvalue weighted by Crippen LogP contribution is 2.36. The zero-order valence-corrected chi connectivity index (χ0v) is 16.6. The first-order valence-electron chi connectivity index (χ1n) is 8.78. The quantitative estimate of drug-likeness (QED) is 0.830. The molecule has 1 aliphatic rings. The lowest BCUT2D eigenvalue weighted by atomic mass is 9.84. The number of piperidine rings is 1. The molecular formula is C18H28N2O5S. The van der Waals surface area contributed by atoms with E-state index in [4.69, 9.17) is 4.74 Å². The second kappa shape index (κ2) is 7.54. The van der Waals surface area contributed by atoms with E-state index in [1.54, 1.807) is 50.8 Å². The van der Waals surface area contributed by atoms with Crippen molar-refractivity contribution in [3.63, 3.8) is 0 Å². The van der Waals surface area contributed by atoms with Gasteiger partial charge >= 0.3 is 6.09 Å². The normalized spacial score (nSPS) is 17.8. The smallest absolute Gasteiger partial charge is 0.410 e. The highest BCUT2D eigenvalue weighted by atomic mass is 32.2. The number of hydrogen-bond donors (Lipinski definition) is 2. The van der Waals surface area contributed by atoms with Gasteiger partial charge in [-0.05, 0) is 39.7 Å². The second-order valence-electron chi connectivity index (χ2n) is 7.50. The minimum absolute atomic E-state index is 0.0788. The van der Waals surface area contributed by atoms with E-state index in [2.05, 4.69) is 4.72 Å². The minimum atomic E-state index is -3.70. The van der Waals surface area contributed by atoms with Crippen LogP contribution in [0, 0.1) is 0 Å². The van der Waals surface area contributed by atoms with E-state index in [1.807, 2.05) is 0 Å². The van der Waals surface area contributed by atoms with Crippen molar-refractivity contribution in [1.29, 1.82) is 0 Å². The van der Waals surface area contributed by atoms with E-state index in [9.17, 15) is 18.3 Å². The van der Waals surface area contributed by atoms with Gasteiger partial charge in [0.15, 0.2) is 0 Å². The van der Waals surface area contributed by atoms with Gasteiger partial charge in [0.05, 0.1) is 10.5 Å². The molecule has 0 atom stereocenters. The fraction of sp³-hybridized carbons (Fsp3) is 0.611. The minimum Gasteiger partial charge on any atom is -0.444 e. The van der Waals surface area contributed by atoms with Crippen LogP contribution in [0.1, 0.15) is 46.1 Å². The molecule has 0 aliphatic carbocycles. The van der Waals surface area contributed by atoms with Crippen LogP contribution in [0.4, 0.5) is 4.79 Å². The first kappa shape index (κ1) is 20.7. The lowest BCUT2D eigenvalue weighted by Crippen LogP contribution is -2.47. The lowest BCUT2D eigenvalue weighted by molar-refractivity contribution is -0.0372. The van der Waals surface area contributed by atoms with E-state index in [-0.39, 0.29) is 24.3 Å². The molecule has 1 amide bonds. The molecule has 2 N–H and O–H groups in total. The molecule has 1 aliphatic heterocycles. The van der Waals surface area contributed by atoms with Crippen molar-refractivity contribution in [2.24, 2.45) is 0 Å². The molecule has 0 unspecified atom stereocenters. The molecule has 1 heterocycles. The number of amides is 1. The van der Waals surface area contributed by atoms with Crippen molar-refractivity contribution in [2.45, 2.75) is 56.6 Å². The van der Waals surface area contributed by atoms with E-state index in [0.29, 0.717) is 18.7 Å². The van der Waals surface area contributed by atoms with E-state index in [1.165, 1.54) is 6.07 Å². The number of likely N-dealkylation sites (tertiary alicyclic amines) is 1. The standard InChI is InChI=1S/C18H28N2O5S/c1-5-19-26(23,24)15-9-7-6-8-14(15)18(22)10-12-20(13-11-18)16(21)25-17(2,3)4/h6-9,19,22H,5,10-13H2,1-4H3. The topological polar surface area (TPSA) is 95.9 Å². The Morgan fingerprint density at radius 2 is 1.85 bits per heavy atom. The summed E-state index contributed by atoms with van der Waals surface area (Å²) in [6.07, 6.45) is 0.0589. The summed E-state index contributed by atoms with van der Waals surface area (Å²) < 4.78 is 32.7. The molecule has 1 aromatic carbocycles. The molecular weight excluding hydrogens is 356 g/mol. The first-order chi connectivity index (χ1) is 12.0. The fourth-order valence-electron chi connectivity index (χ4n) is 3.01. The Kier molecular flexibility index (Phi) is 5.99. The lowest BCUT2D eigenvalue weighted by Gasteiger charge is -2.39. The van der Waals surface area contributed by atoms with Crippen molar-refractivity contribution < 1.29 is 23.1 Å². The van der Waals surface area contributed by atoms with E-state index in [0.717, 1.165) is 0 Å². The Bertz CT molecular complexity index is 747. The number of rotatable bonds is 4. The number of carbonyl (C=O) groups is 1. The molecule has 26 heavy (non-hydrogen) atoms. The Morgan fingerprint density at radius 3 is 2.38 bits per heavy atom. The predicted molar refractivity (Wildman–Crippen MR) is 98.2 cm³/mol. The maximum Gasteiger partial charge on any atom is 0.410 e. The van der Waals surface area contributed by atoms with Crippen LogP contribution >= 0.6 is 0 Å². The highest BCUT2D eigenvalue weighted by molar-refractivity contribution is 7.89. The molecule has 1 saturated heterocycles. The largest absolute Gasteiger partial charge is 0.444 e. The van der Waals surface area contributed by atoms with Crippen LogP contribution in [0.3, 0.4) is 0 Å². The number of hydrogen-bond acceptors (Lipinski definition) is 5. The van der Waals surface area contributed by atoms with Gasteiger partial charge in [-0.15, -0.1) is 0 Å². The Morgan fingerprint density at radius 1 is 1.27 bits per heavy atom. The Balaban J connectivity index is 2.21. The Labute approximate surface area is 155 Å². The third-order valence-electron chi connectivity index (χ3n) is 4.25. The first-order valence-corrected chi connectivity index (χ1v) is 10.3. The summed E-state index contributed by atoms with van der Waals surface area (Å²) in [4.78, 5) is 13.8. The Hall–Kier alpha value is -1.64. The molecule has 8 heteroatoms. The molecule has 1 fully saturated rings. The molecule has 0 aromatic heterocycles. The van der Waals surface area contributed by atoms with Gasteiger partial charge in [0, 0.05) is 25.2 Å². The summed E-state index contributed by atoms with van der Waals surface area (Å²) in [6.45, 7) is 7.95. The summed E-state index contributed by atoms with van der Waals surface area (Å²) in [7, 11) is -3.70. The van der Waals surface area contributed by atoms with Crippen molar-refractivity contribution in [1.82, 2.24) is 9.62 Å². The zero-order valence-electron chi connectivity index (χ0n) is 15.8. The summed E-state index contributed by atoms with van der Waals surface area (Å²) in [5.41, 5.74) is -1.53. The van der Waals surface area contributed by atoms with Gasteiger partial charge in [0.2, 0.25) is 10.0 Å². The monoisotopic (exact) mass is 384 g/mol. The molecule has 0 spiro atoms. The second-order valence-corrected chi connectivity index (χ2v) is 9.23. The molecule has 146 valence electrons. The molecule has 0 saturated carbocycles. The number of ether oxygens (including phenoxy) is 1. The fourth-order valence-corrected chi connectivity index (χ4v) is 4.35. The number of carbonyl (C=O) groups excluding carboxylic acids is 1.